The van der Waals surface area contributed by atoms with E-state index in [4.69, 9.17) is 16.6 Å². The lowest BCUT2D eigenvalue weighted by atomic mass is 10.1. The van der Waals surface area contributed by atoms with Crippen molar-refractivity contribution in [2.24, 2.45) is 5.92 Å². The SMILES string of the molecule is O=C(NC1CCCN(c2ccc3cc(Cl)ccc3n2)C1)C1CC1. The average Bonchev–Trinajstić information content (AvgIpc) is 3.39. The summed E-state index contributed by atoms with van der Waals surface area (Å²) in [5.41, 5.74) is 0.955. The maximum absolute atomic E-state index is 12.0. The first kappa shape index (κ1) is 14.8. The van der Waals surface area contributed by atoms with E-state index in [-0.39, 0.29) is 17.9 Å². The second-order valence-electron chi connectivity index (χ2n) is 6.57. The molecule has 4 nitrogen and oxygen atoms in total. The standard InChI is InChI=1S/C18H20ClN3O/c19-14-6-7-16-13(10-14)5-8-17(21-16)22-9-1-2-15(11-22)20-18(23)12-3-4-12/h5-8,10,12,15H,1-4,9,11H2,(H,20,23). The van der Waals surface area contributed by atoms with Crippen LogP contribution in [-0.4, -0.2) is 30.0 Å². The molecule has 1 amide bonds. The minimum absolute atomic E-state index is 0.234. The van der Waals surface area contributed by atoms with Gasteiger partial charge in [-0.2, -0.15) is 0 Å². The number of rotatable bonds is 3. The van der Waals surface area contributed by atoms with Crippen molar-refractivity contribution in [3.63, 3.8) is 0 Å². The molecule has 5 heteroatoms. The van der Waals surface area contributed by atoms with Crippen molar-refractivity contribution < 1.29 is 4.79 Å². The molecule has 1 atom stereocenters. The van der Waals surface area contributed by atoms with Gasteiger partial charge in [0, 0.05) is 35.5 Å². The van der Waals surface area contributed by atoms with Crippen molar-refractivity contribution in [2.45, 2.75) is 31.7 Å². The summed E-state index contributed by atoms with van der Waals surface area (Å²) in [6, 6.07) is 10.1. The van der Waals surface area contributed by atoms with Gasteiger partial charge in [0.2, 0.25) is 5.91 Å². The number of carbonyl (C=O) groups excluding carboxylic acids is 1. The summed E-state index contributed by atoms with van der Waals surface area (Å²) in [7, 11) is 0. The van der Waals surface area contributed by atoms with Crippen molar-refractivity contribution in [3.05, 3.63) is 35.4 Å². The van der Waals surface area contributed by atoms with Gasteiger partial charge in [0.15, 0.2) is 0 Å². The summed E-state index contributed by atoms with van der Waals surface area (Å²) in [6.07, 6.45) is 4.24. The highest BCUT2D eigenvalue weighted by atomic mass is 35.5. The first-order valence-electron chi connectivity index (χ1n) is 8.31. The third-order valence-electron chi connectivity index (χ3n) is 4.68. The van der Waals surface area contributed by atoms with E-state index in [0.717, 1.165) is 60.5 Å². The van der Waals surface area contributed by atoms with Crippen molar-refractivity contribution in [2.75, 3.05) is 18.0 Å². The van der Waals surface area contributed by atoms with Gasteiger partial charge < -0.3 is 10.2 Å². The fourth-order valence-electron chi connectivity index (χ4n) is 3.23. The Labute approximate surface area is 140 Å². The molecule has 2 fully saturated rings. The van der Waals surface area contributed by atoms with Gasteiger partial charge in [0.25, 0.3) is 0 Å². The number of pyridine rings is 1. The molecule has 1 N–H and O–H groups in total. The zero-order valence-corrected chi connectivity index (χ0v) is 13.7. The molecule has 120 valence electrons. The molecule has 1 unspecified atom stereocenters. The molecule has 0 spiro atoms. The molecular formula is C18H20ClN3O. The van der Waals surface area contributed by atoms with Gasteiger partial charge in [-0.1, -0.05) is 11.6 Å². The van der Waals surface area contributed by atoms with E-state index < -0.39 is 0 Å². The summed E-state index contributed by atoms with van der Waals surface area (Å²) < 4.78 is 0. The number of halogens is 1. The number of nitrogens with zero attached hydrogens (tertiary/aromatic N) is 2. The lowest BCUT2D eigenvalue weighted by molar-refractivity contribution is -0.123. The fourth-order valence-corrected chi connectivity index (χ4v) is 3.41. The maximum Gasteiger partial charge on any atom is 0.223 e. The Morgan fingerprint density at radius 2 is 2.09 bits per heavy atom. The molecule has 1 aliphatic carbocycles. The van der Waals surface area contributed by atoms with Crippen LogP contribution in [0.15, 0.2) is 30.3 Å². The van der Waals surface area contributed by atoms with E-state index in [2.05, 4.69) is 16.3 Å². The average molecular weight is 330 g/mol. The molecule has 1 aromatic heterocycles. The molecule has 2 aliphatic rings. The second-order valence-corrected chi connectivity index (χ2v) is 7.01. The first-order valence-corrected chi connectivity index (χ1v) is 8.68. The largest absolute Gasteiger partial charge is 0.355 e. The van der Waals surface area contributed by atoms with Crippen LogP contribution in [-0.2, 0) is 4.79 Å². The van der Waals surface area contributed by atoms with Gasteiger partial charge in [-0.25, -0.2) is 4.98 Å². The van der Waals surface area contributed by atoms with E-state index in [1.165, 1.54) is 0 Å². The number of aromatic nitrogens is 1. The van der Waals surface area contributed by atoms with E-state index in [0.29, 0.717) is 0 Å². The molecule has 1 saturated heterocycles. The molecular weight excluding hydrogens is 310 g/mol. The van der Waals surface area contributed by atoms with Gasteiger partial charge in [-0.15, -0.1) is 0 Å². The van der Waals surface area contributed by atoms with Crippen LogP contribution in [0.3, 0.4) is 0 Å². The highest BCUT2D eigenvalue weighted by Crippen LogP contribution is 2.29. The van der Waals surface area contributed by atoms with Gasteiger partial charge in [0.1, 0.15) is 5.82 Å². The number of hydrogen-bond donors (Lipinski definition) is 1. The summed E-state index contributed by atoms with van der Waals surface area (Å²) in [6.45, 7) is 1.83. The van der Waals surface area contributed by atoms with E-state index in [1.807, 2.05) is 24.3 Å². The van der Waals surface area contributed by atoms with Gasteiger partial charge in [0.05, 0.1) is 5.52 Å². The third kappa shape index (κ3) is 3.27. The predicted octanol–water partition coefficient (Wildman–Crippen LogP) is 3.38. The van der Waals surface area contributed by atoms with Gasteiger partial charge in [-0.05, 0) is 56.0 Å². The lowest BCUT2D eigenvalue weighted by Gasteiger charge is -2.34. The number of amides is 1. The van der Waals surface area contributed by atoms with Crippen LogP contribution in [0.25, 0.3) is 10.9 Å². The number of carbonyl (C=O) groups is 1. The molecule has 1 saturated carbocycles. The Bertz CT molecular complexity index is 744. The monoisotopic (exact) mass is 329 g/mol. The van der Waals surface area contributed by atoms with E-state index >= 15 is 0 Å². The molecule has 1 aliphatic heterocycles. The van der Waals surface area contributed by atoms with Crippen LogP contribution in [0.5, 0.6) is 0 Å². The van der Waals surface area contributed by atoms with Crippen LogP contribution in [0.2, 0.25) is 5.02 Å². The Morgan fingerprint density at radius 1 is 1.22 bits per heavy atom. The van der Waals surface area contributed by atoms with Gasteiger partial charge >= 0.3 is 0 Å². The first-order chi connectivity index (χ1) is 11.2. The van der Waals surface area contributed by atoms with Crippen molar-refractivity contribution in [1.29, 1.82) is 0 Å². The number of fused-ring (bicyclic) bond motifs is 1. The Morgan fingerprint density at radius 3 is 2.91 bits per heavy atom. The normalized spacial score (nSPS) is 21.4. The van der Waals surface area contributed by atoms with Crippen LogP contribution in [0.4, 0.5) is 5.82 Å². The molecule has 0 bridgehead atoms. The highest BCUT2D eigenvalue weighted by molar-refractivity contribution is 6.31. The molecule has 0 radical (unpaired) electrons. The Kier molecular flexibility index (Phi) is 3.85. The zero-order valence-electron chi connectivity index (χ0n) is 13.0. The molecule has 4 rings (SSSR count). The minimum Gasteiger partial charge on any atom is -0.355 e. The molecule has 2 heterocycles. The smallest absolute Gasteiger partial charge is 0.223 e. The zero-order chi connectivity index (χ0) is 15.8. The predicted molar refractivity (Wildman–Crippen MR) is 92.9 cm³/mol. The quantitative estimate of drug-likeness (QED) is 0.939. The molecule has 2 aromatic rings. The number of anilines is 1. The summed E-state index contributed by atoms with van der Waals surface area (Å²) >= 11 is 6.03. The van der Waals surface area contributed by atoms with Crippen LogP contribution >= 0.6 is 11.6 Å². The highest BCUT2D eigenvalue weighted by Gasteiger charge is 2.32. The molecule has 1 aromatic carbocycles. The summed E-state index contributed by atoms with van der Waals surface area (Å²) in [5.74, 6) is 1.48. The number of piperidine rings is 1. The lowest BCUT2D eigenvalue weighted by Crippen LogP contribution is -2.48. The fraction of sp³-hybridized carbons (Fsp3) is 0.444. The third-order valence-corrected chi connectivity index (χ3v) is 4.91. The number of hydrogen-bond acceptors (Lipinski definition) is 3. The number of nitrogens with one attached hydrogen (secondary N) is 1. The van der Waals surface area contributed by atoms with E-state index in [1.54, 1.807) is 0 Å². The molecule has 23 heavy (non-hydrogen) atoms. The van der Waals surface area contributed by atoms with Crippen LogP contribution in [0.1, 0.15) is 25.7 Å². The topological polar surface area (TPSA) is 45.2 Å². The summed E-state index contributed by atoms with van der Waals surface area (Å²) in [4.78, 5) is 19.0. The number of benzene rings is 1. The van der Waals surface area contributed by atoms with Crippen molar-refractivity contribution in [3.8, 4) is 0 Å². The van der Waals surface area contributed by atoms with Crippen molar-refractivity contribution >= 4 is 34.2 Å². The van der Waals surface area contributed by atoms with Crippen molar-refractivity contribution in [1.82, 2.24) is 10.3 Å². The van der Waals surface area contributed by atoms with Crippen LogP contribution in [0, 0.1) is 5.92 Å². The Balaban J connectivity index is 1.50. The Hall–Kier alpha value is -1.81. The minimum atomic E-state index is 0.234. The van der Waals surface area contributed by atoms with Crippen LogP contribution < -0.4 is 10.2 Å². The van der Waals surface area contributed by atoms with Gasteiger partial charge in [-0.3, -0.25) is 4.79 Å². The maximum atomic E-state index is 12.0. The second kappa shape index (κ2) is 6.00. The summed E-state index contributed by atoms with van der Waals surface area (Å²) in [5, 5.41) is 4.98. The van der Waals surface area contributed by atoms with E-state index in [9.17, 15) is 4.79 Å².